The lowest BCUT2D eigenvalue weighted by molar-refractivity contribution is -0.151. The lowest BCUT2D eigenvalue weighted by Crippen LogP contribution is -2.42. The van der Waals surface area contributed by atoms with E-state index < -0.39 is 36.2 Å². The molecule has 1 N–H and O–H groups in total. The summed E-state index contributed by atoms with van der Waals surface area (Å²) in [6.07, 6.45) is 1.65. The highest BCUT2D eigenvalue weighted by molar-refractivity contribution is 6.00. The Morgan fingerprint density at radius 3 is 2.62 bits per heavy atom. The molecule has 0 spiro atoms. The van der Waals surface area contributed by atoms with Gasteiger partial charge in [0.1, 0.15) is 18.3 Å². The molecule has 1 aliphatic heterocycles. The summed E-state index contributed by atoms with van der Waals surface area (Å²) in [4.78, 5) is 36.3. The van der Waals surface area contributed by atoms with E-state index in [9.17, 15) is 19.5 Å². The summed E-state index contributed by atoms with van der Waals surface area (Å²) < 4.78 is 10.8. The van der Waals surface area contributed by atoms with E-state index in [1.54, 1.807) is 33.8 Å². The summed E-state index contributed by atoms with van der Waals surface area (Å²) in [6, 6.07) is 0. The second-order valence-electron chi connectivity index (χ2n) is 6.77. The molecule has 0 bridgehead atoms. The number of carbonyl (C=O) groups is 3. The van der Waals surface area contributed by atoms with Crippen molar-refractivity contribution in [3.8, 4) is 0 Å². The van der Waals surface area contributed by atoms with Crippen molar-refractivity contribution >= 4 is 17.7 Å². The Bertz CT molecular complexity index is 739. The average molecular weight is 360 g/mol. The highest BCUT2D eigenvalue weighted by Crippen LogP contribution is 2.36. The van der Waals surface area contributed by atoms with Crippen molar-refractivity contribution in [2.75, 3.05) is 0 Å². The summed E-state index contributed by atoms with van der Waals surface area (Å²) in [7, 11) is 0. The van der Waals surface area contributed by atoms with E-state index in [0.717, 1.165) is 5.57 Å². The molecule has 1 fully saturated rings. The van der Waals surface area contributed by atoms with Gasteiger partial charge in [-0.1, -0.05) is 18.2 Å². The third kappa shape index (κ3) is 4.02. The van der Waals surface area contributed by atoms with E-state index in [-0.39, 0.29) is 11.4 Å². The maximum atomic E-state index is 12.2. The Morgan fingerprint density at radius 1 is 1.35 bits per heavy atom. The maximum Gasteiger partial charge on any atom is 0.334 e. The number of ether oxygens (including phenoxy) is 2. The fourth-order valence-corrected chi connectivity index (χ4v) is 3.16. The number of aliphatic hydroxyl groups is 1. The highest BCUT2D eigenvalue weighted by atomic mass is 16.6. The van der Waals surface area contributed by atoms with Crippen molar-refractivity contribution in [2.24, 2.45) is 5.92 Å². The van der Waals surface area contributed by atoms with Gasteiger partial charge in [-0.2, -0.15) is 0 Å². The van der Waals surface area contributed by atoms with Gasteiger partial charge in [-0.05, 0) is 45.4 Å². The molecule has 140 valence electrons. The van der Waals surface area contributed by atoms with E-state index in [1.807, 2.05) is 0 Å². The molecule has 26 heavy (non-hydrogen) atoms. The average Bonchev–Trinajstić information content (AvgIpc) is 2.83. The number of ketones is 1. The van der Waals surface area contributed by atoms with Gasteiger partial charge < -0.3 is 14.6 Å². The third-order valence-corrected chi connectivity index (χ3v) is 4.72. The van der Waals surface area contributed by atoms with Gasteiger partial charge in [-0.15, -0.1) is 0 Å². The van der Waals surface area contributed by atoms with Crippen LogP contribution in [-0.2, 0) is 23.9 Å². The molecule has 0 saturated carbocycles. The van der Waals surface area contributed by atoms with Crippen LogP contribution in [0.5, 0.6) is 0 Å². The fourth-order valence-electron chi connectivity index (χ4n) is 3.16. The normalized spacial score (nSPS) is 30.2. The Hall–Kier alpha value is -2.47. The van der Waals surface area contributed by atoms with Crippen LogP contribution in [0, 0.1) is 5.92 Å². The van der Waals surface area contributed by atoms with Gasteiger partial charge in [0, 0.05) is 17.6 Å². The van der Waals surface area contributed by atoms with Gasteiger partial charge >= 0.3 is 11.9 Å². The first-order chi connectivity index (χ1) is 12.1. The Balaban J connectivity index is 2.48. The predicted molar refractivity (Wildman–Crippen MR) is 95.0 cm³/mol. The SMILES string of the molecule is C=C1C(=O)O[C@@H]2CC(C)=CC(=O)C=C(C)[C@@H](OC(=O)/C(C)=C\C)[C@H](O)[C@@H]12. The molecule has 6 nitrogen and oxygen atoms in total. The smallest absolute Gasteiger partial charge is 0.334 e. The number of aliphatic hydroxyl groups excluding tert-OH is 1. The van der Waals surface area contributed by atoms with Crippen molar-refractivity contribution in [3.63, 3.8) is 0 Å². The monoisotopic (exact) mass is 360 g/mol. The lowest BCUT2D eigenvalue weighted by Gasteiger charge is -2.31. The van der Waals surface area contributed by atoms with Crippen molar-refractivity contribution in [1.82, 2.24) is 0 Å². The summed E-state index contributed by atoms with van der Waals surface area (Å²) in [5.41, 5.74) is 1.62. The molecular formula is C20H24O6. The molecule has 1 aliphatic carbocycles. The molecule has 0 radical (unpaired) electrons. The Labute approximate surface area is 152 Å². The summed E-state index contributed by atoms with van der Waals surface area (Å²) >= 11 is 0. The standard InChI is InChI=1S/C20H24O6/c1-6-11(3)19(23)26-18-12(4)9-14(21)7-10(2)8-15-16(17(18)22)13(5)20(24)25-15/h6-7,9,15-18,22H,5,8H2,1-4H3/b10-7?,11-6-,12-9?/t15-,16+,17-,18-/m1/s1. The van der Waals surface area contributed by atoms with Crippen LogP contribution >= 0.6 is 0 Å². The third-order valence-electron chi connectivity index (χ3n) is 4.72. The number of allylic oxidation sites excluding steroid dienone is 3. The van der Waals surface area contributed by atoms with E-state index in [0.29, 0.717) is 17.6 Å². The molecular weight excluding hydrogens is 336 g/mol. The van der Waals surface area contributed by atoms with E-state index in [4.69, 9.17) is 9.47 Å². The zero-order valence-electron chi connectivity index (χ0n) is 15.4. The molecule has 1 heterocycles. The topological polar surface area (TPSA) is 89.9 Å². The molecule has 6 heteroatoms. The number of carbonyl (C=O) groups excluding carboxylic acids is 3. The van der Waals surface area contributed by atoms with Crippen LogP contribution in [0.2, 0.25) is 0 Å². The number of hydrogen-bond donors (Lipinski definition) is 1. The van der Waals surface area contributed by atoms with Gasteiger partial charge in [0.25, 0.3) is 0 Å². The number of esters is 2. The largest absolute Gasteiger partial charge is 0.458 e. The van der Waals surface area contributed by atoms with E-state index in [1.165, 1.54) is 12.2 Å². The van der Waals surface area contributed by atoms with Gasteiger partial charge in [0.15, 0.2) is 5.78 Å². The van der Waals surface area contributed by atoms with Gasteiger partial charge in [-0.3, -0.25) is 4.79 Å². The molecule has 0 unspecified atom stereocenters. The summed E-state index contributed by atoms with van der Waals surface area (Å²) in [5.74, 6) is -2.20. The first-order valence-corrected chi connectivity index (χ1v) is 8.46. The van der Waals surface area contributed by atoms with Crippen LogP contribution in [0.25, 0.3) is 0 Å². The van der Waals surface area contributed by atoms with Crippen LogP contribution in [0.3, 0.4) is 0 Å². The highest BCUT2D eigenvalue weighted by Gasteiger charge is 2.47. The first-order valence-electron chi connectivity index (χ1n) is 8.46. The van der Waals surface area contributed by atoms with Gasteiger partial charge in [0.2, 0.25) is 0 Å². The van der Waals surface area contributed by atoms with E-state index >= 15 is 0 Å². The Kier molecular flexibility index (Phi) is 5.97. The zero-order valence-corrected chi connectivity index (χ0v) is 15.4. The van der Waals surface area contributed by atoms with E-state index in [2.05, 4.69) is 6.58 Å². The molecule has 4 atom stereocenters. The van der Waals surface area contributed by atoms with Crippen LogP contribution < -0.4 is 0 Å². The quantitative estimate of drug-likeness (QED) is 0.600. The van der Waals surface area contributed by atoms with Crippen LogP contribution in [-0.4, -0.2) is 41.1 Å². The van der Waals surface area contributed by atoms with Crippen molar-refractivity contribution < 1.29 is 29.0 Å². The minimum Gasteiger partial charge on any atom is -0.458 e. The first kappa shape index (κ1) is 19.8. The minimum atomic E-state index is -1.26. The van der Waals surface area contributed by atoms with Crippen LogP contribution in [0.4, 0.5) is 0 Å². The van der Waals surface area contributed by atoms with Crippen molar-refractivity contribution in [1.29, 1.82) is 0 Å². The number of hydrogen-bond acceptors (Lipinski definition) is 6. The maximum absolute atomic E-state index is 12.2. The molecule has 0 aromatic heterocycles. The molecule has 2 rings (SSSR count). The number of rotatable bonds is 2. The fraction of sp³-hybridized carbons (Fsp3) is 0.450. The zero-order chi connectivity index (χ0) is 19.6. The van der Waals surface area contributed by atoms with Gasteiger partial charge in [0.05, 0.1) is 5.92 Å². The summed E-state index contributed by atoms with van der Waals surface area (Å²) in [5, 5.41) is 10.9. The van der Waals surface area contributed by atoms with Gasteiger partial charge in [-0.25, -0.2) is 9.59 Å². The lowest BCUT2D eigenvalue weighted by atomic mass is 9.83. The molecule has 0 amide bonds. The van der Waals surface area contributed by atoms with Crippen LogP contribution in [0.1, 0.15) is 34.1 Å². The predicted octanol–water partition coefficient (Wildman–Crippen LogP) is 2.19. The number of fused-ring (bicyclic) bond motifs is 1. The molecule has 0 aromatic carbocycles. The van der Waals surface area contributed by atoms with Crippen LogP contribution in [0.15, 0.2) is 47.1 Å². The molecule has 1 saturated heterocycles. The van der Waals surface area contributed by atoms with Crippen molar-refractivity contribution in [3.05, 3.63) is 47.1 Å². The second kappa shape index (κ2) is 7.83. The second-order valence-corrected chi connectivity index (χ2v) is 6.77. The molecule has 0 aromatic rings. The molecule has 2 aliphatic rings. The summed E-state index contributed by atoms with van der Waals surface area (Å²) in [6.45, 7) is 10.4. The van der Waals surface area contributed by atoms with Crippen molar-refractivity contribution in [2.45, 2.75) is 52.4 Å². The Morgan fingerprint density at radius 2 is 2.00 bits per heavy atom. The minimum absolute atomic E-state index is 0.138.